The van der Waals surface area contributed by atoms with Crippen molar-refractivity contribution in [1.29, 1.82) is 0 Å². The van der Waals surface area contributed by atoms with Crippen molar-refractivity contribution in [3.05, 3.63) is 11.7 Å². The number of nitrogens with zero attached hydrogens (tertiary/aromatic N) is 2. The summed E-state index contributed by atoms with van der Waals surface area (Å²) in [6.45, 7) is 0. The summed E-state index contributed by atoms with van der Waals surface area (Å²) in [5.41, 5.74) is 0. The van der Waals surface area contributed by atoms with Crippen LogP contribution in [0.15, 0.2) is 4.52 Å². The molecule has 1 fully saturated rings. The Hall–Kier alpha value is -0.550. The highest BCUT2D eigenvalue weighted by Crippen LogP contribution is 2.32. The second kappa shape index (κ2) is 4.99. The summed E-state index contributed by atoms with van der Waals surface area (Å²) >= 11 is 1.67. The Kier molecular flexibility index (Phi) is 3.64. The smallest absolute Gasteiger partial charge is 0.232 e. The van der Waals surface area contributed by atoms with Crippen LogP contribution in [0.2, 0.25) is 0 Å². The molecule has 1 N–H and O–H groups in total. The fourth-order valence-corrected chi connectivity index (χ4v) is 2.38. The Labute approximate surface area is 93.4 Å². The van der Waals surface area contributed by atoms with E-state index >= 15 is 0 Å². The molecule has 0 bridgehead atoms. The Bertz CT molecular complexity index is 316. The molecule has 84 valence electrons. The first kappa shape index (κ1) is 11.0. The maximum Gasteiger partial charge on any atom is 0.232 e. The number of aromatic nitrogens is 2. The van der Waals surface area contributed by atoms with E-state index in [2.05, 4.69) is 10.1 Å². The minimum atomic E-state index is -0.304. The molecule has 2 atom stereocenters. The monoisotopic (exact) mass is 228 g/mol. The summed E-state index contributed by atoms with van der Waals surface area (Å²) in [4.78, 5) is 4.32. The molecular formula is C10H16N2O2S. The van der Waals surface area contributed by atoms with Crippen LogP contribution in [0.5, 0.6) is 0 Å². The number of aliphatic hydroxyl groups excluding tert-OH is 1. The van der Waals surface area contributed by atoms with E-state index in [9.17, 15) is 5.11 Å². The van der Waals surface area contributed by atoms with Crippen molar-refractivity contribution in [3.63, 3.8) is 0 Å². The van der Waals surface area contributed by atoms with Gasteiger partial charge in [0.2, 0.25) is 5.89 Å². The molecule has 2 unspecified atom stereocenters. The van der Waals surface area contributed by atoms with Gasteiger partial charge in [0.1, 0.15) is 0 Å². The van der Waals surface area contributed by atoms with Crippen LogP contribution in [-0.2, 0) is 5.75 Å². The van der Waals surface area contributed by atoms with E-state index in [0.717, 1.165) is 37.3 Å². The van der Waals surface area contributed by atoms with Crippen LogP contribution in [0.1, 0.15) is 43.3 Å². The standard InChI is InChI=1S/C10H16N2O2S/c1-15-6-9-11-10(14-12-9)7-4-2-3-5-8(7)13/h7-8,13H,2-6H2,1H3. The maximum atomic E-state index is 9.83. The highest BCUT2D eigenvalue weighted by atomic mass is 32.2. The molecule has 15 heavy (non-hydrogen) atoms. The summed E-state index contributed by atoms with van der Waals surface area (Å²) in [5, 5.41) is 13.7. The highest BCUT2D eigenvalue weighted by molar-refractivity contribution is 7.97. The lowest BCUT2D eigenvalue weighted by Crippen LogP contribution is -2.22. The maximum absolute atomic E-state index is 9.83. The fourth-order valence-electron chi connectivity index (χ4n) is 2.01. The zero-order valence-electron chi connectivity index (χ0n) is 8.85. The lowest BCUT2D eigenvalue weighted by atomic mass is 9.86. The van der Waals surface area contributed by atoms with E-state index in [1.165, 1.54) is 0 Å². The summed E-state index contributed by atoms with van der Waals surface area (Å²) < 4.78 is 5.19. The Morgan fingerprint density at radius 3 is 3.00 bits per heavy atom. The van der Waals surface area contributed by atoms with Gasteiger partial charge in [-0.1, -0.05) is 18.0 Å². The average molecular weight is 228 g/mol. The summed E-state index contributed by atoms with van der Waals surface area (Å²) in [6, 6.07) is 0. The first-order chi connectivity index (χ1) is 7.31. The van der Waals surface area contributed by atoms with Gasteiger partial charge in [0.15, 0.2) is 5.82 Å². The summed E-state index contributed by atoms with van der Waals surface area (Å²) in [7, 11) is 0. The molecule has 0 radical (unpaired) electrons. The molecule has 0 spiro atoms. The van der Waals surface area contributed by atoms with Crippen molar-refractivity contribution in [2.24, 2.45) is 0 Å². The van der Waals surface area contributed by atoms with Crippen LogP contribution in [0, 0.1) is 0 Å². The van der Waals surface area contributed by atoms with Crippen LogP contribution in [0.3, 0.4) is 0 Å². The molecule has 2 rings (SSSR count). The molecule has 1 aliphatic rings. The van der Waals surface area contributed by atoms with Crippen molar-refractivity contribution >= 4 is 11.8 Å². The van der Waals surface area contributed by atoms with Crippen molar-refractivity contribution in [2.75, 3.05) is 6.26 Å². The van der Waals surface area contributed by atoms with Crippen LogP contribution in [-0.4, -0.2) is 27.6 Å². The minimum absolute atomic E-state index is 0.0573. The van der Waals surface area contributed by atoms with Gasteiger partial charge in [0, 0.05) is 0 Å². The predicted molar refractivity (Wildman–Crippen MR) is 58.7 cm³/mol. The lowest BCUT2D eigenvalue weighted by molar-refractivity contribution is 0.0908. The SMILES string of the molecule is CSCc1noc(C2CCCCC2O)n1. The number of thioether (sulfide) groups is 1. The van der Waals surface area contributed by atoms with E-state index < -0.39 is 0 Å². The zero-order valence-corrected chi connectivity index (χ0v) is 9.66. The van der Waals surface area contributed by atoms with E-state index in [0.29, 0.717) is 5.89 Å². The zero-order chi connectivity index (χ0) is 10.7. The Morgan fingerprint density at radius 2 is 2.27 bits per heavy atom. The normalized spacial score (nSPS) is 26.8. The number of hydrogen-bond acceptors (Lipinski definition) is 5. The molecule has 0 saturated heterocycles. The average Bonchev–Trinajstić information content (AvgIpc) is 2.68. The molecule has 4 nitrogen and oxygen atoms in total. The van der Waals surface area contributed by atoms with Crippen molar-refractivity contribution in [1.82, 2.24) is 10.1 Å². The van der Waals surface area contributed by atoms with E-state index in [-0.39, 0.29) is 12.0 Å². The molecule has 1 heterocycles. The Balaban J connectivity index is 2.06. The Morgan fingerprint density at radius 1 is 1.47 bits per heavy atom. The quantitative estimate of drug-likeness (QED) is 0.857. The molecule has 1 aromatic heterocycles. The molecule has 1 aliphatic carbocycles. The van der Waals surface area contributed by atoms with Gasteiger partial charge in [-0.05, 0) is 19.1 Å². The molecule has 0 aromatic carbocycles. The van der Waals surface area contributed by atoms with Crippen molar-refractivity contribution < 1.29 is 9.63 Å². The van der Waals surface area contributed by atoms with Gasteiger partial charge in [-0.3, -0.25) is 0 Å². The van der Waals surface area contributed by atoms with Crippen LogP contribution < -0.4 is 0 Å². The van der Waals surface area contributed by atoms with Gasteiger partial charge >= 0.3 is 0 Å². The second-order valence-corrected chi connectivity index (χ2v) is 4.81. The van der Waals surface area contributed by atoms with Crippen LogP contribution in [0.4, 0.5) is 0 Å². The largest absolute Gasteiger partial charge is 0.392 e. The number of rotatable bonds is 3. The first-order valence-corrected chi connectivity index (χ1v) is 6.70. The third-order valence-electron chi connectivity index (χ3n) is 2.80. The first-order valence-electron chi connectivity index (χ1n) is 5.30. The fraction of sp³-hybridized carbons (Fsp3) is 0.800. The lowest BCUT2D eigenvalue weighted by Gasteiger charge is -2.24. The summed E-state index contributed by atoms with van der Waals surface area (Å²) in [6.07, 6.45) is 5.76. The third-order valence-corrected chi connectivity index (χ3v) is 3.35. The van der Waals surface area contributed by atoms with E-state index in [1.807, 2.05) is 6.26 Å². The molecule has 1 saturated carbocycles. The topological polar surface area (TPSA) is 59.2 Å². The number of aliphatic hydroxyl groups is 1. The molecule has 0 aliphatic heterocycles. The van der Waals surface area contributed by atoms with Crippen molar-refractivity contribution in [3.8, 4) is 0 Å². The third kappa shape index (κ3) is 2.52. The predicted octanol–water partition coefficient (Wildman–Crippen LogP) is 1.95. The minimum Gasteiger partial charge on any atom is -0.392 e. The number of hydrogen-bond donors (Lipinski definition) is 1. The van der Waals surface area contributed by atoms with Crippen LogP contribution >= 0.6 is 11.8 Å². The van der Waals surface area contributed by atoms with Gasteiger partial charge in [-0.25, -0.2) is 0 Å². The molecule has 5 heteroatoms. The van der Waals surface area contributed by atoms with Gasteiger partial charge < -0.3 is 9.63 Å². The molecule has 0 amide bonds. The highest BCUT2D eigenvalue weighted by Gasteiger charge is 2.29. The van der Waals surface area contributed by atoms with Gasteiger partial charge in [0.05, 0.1) is 17.8 Å². The van der Waals surface area contributed by atoms with Gasteiger partial charge in [-0.2, -0.15) is 16.7 Å². The van der Waals surface area contributed by atoms with Gasteiger partial charge in [0.25, 0.3) is 0 Å². The van der Waals surface area contributed by atoms with Crippen LogP contribution in [0.25, 0.3) is 0 Å². The van der Waals surface area contributed by atoms with Crippen molar-refractivity contribution in [2.45, 2.75) is 43.5 Å². The van der Waals surface area contributed by atoms with E-state index in [1.54, 1.807) is 11.8 Å². The second-order valence-electron chi connectivity index (χ2n) is 3.94. The molecule has 1 aromatic rings. The van der Waals surface area contributed by atoms with E-state index in [4.69, 9.17) is 4.52 Å². The molecular weight excluding hydrogens is 212 g/mol. The van der Waals surface area contributed by atoms with Gasteiger partial charge in [-0.15, -0.1) is 0 Å². The summed E-state index contributed by atoms with van der Waals surface area (Å²) in [5.74, 6) is 2.18.